The SMILES string of the molecule is COc1ncc(Cl)c(C(F)F)c1S(=O)(=O)Cl. The van der Waals surface area contributed by atoms with Gasteiger partial charge in [-0.1, -0.05) is 11.6 Å². The summed E-state index contributed by atoms with van der Waals surface area (Å²) < 4.78 is 52.1. The van der Waals surface area contributed by atoms with Gasteiger partial charge in [-0.15, -0.1) is 0 Å². The molecule has 0 radical (unpaired) electrons. The molecule has 0 aliphatic rings. The van der Waals surface area contributed by atoms with Crippen molar-refractivity contribution in [2.75, 3.05) is 7.11 Å². The normalized spacial score (nSPS) is 11.9. The van der Waals surface area contributed by atoms with Crippen molar-refractivity contribution in [2.24, 2.45) is 0 Å². The molecule has 1 aromatic heterocycles. The third-order valence-electron chi connectivity index (χ3n) is 1.65. The molecule has 0 N–H and O–H groups in total. The first kappa shape index (κ1) is 13.4. The number of aromatic nitrogens is 1. The molecular formula is C7H5Cl2F2NO3S. The summed E-state index contributed by atoms with van der Waals surface area (Å²) in [6.45, 7) is 0. The van der Waals surface area contributed by atoms with Crippen LogP contribution in [0.2, 0.25) is 5.02 Å². The maximum atomic E-state index is 12.6. The van der Waals surface area contributed by atoms with E-state index in [1.807, 2.05) is 0 Å². The second-order valence-electron chi connectivity index (χ2n) is 2.60. The third-order valence-corrected chi connectivity index (χ3v) is 3.29. The van der Waals surface area contributed by atoms with Crippen LogP contribution in [0.4, 0.5) is 8.78 Å². The van der Waals surface area contributed by atoms with Gasteiger partial charge in [-0.05, 0) is 0 Å². The Kier molecular flexibility index (Phi) is 3.92. The minimum absolute atomic E-state index is 0.491. The van der Waals surface area contributed by atoms with Crippen LogP contribution in [-0.4, -0.2) is 20.5 Å². The van der Waals surface area contributed by atoms with E-state index in [0.717, 1.165) is 13.3 Å². The van der Waals surface area contributed by atoms with Crippen molar-refractivity contribution in [2.45, 2.75) is 11.3 Å². The Morgan fingerprint density at radius 3 is 2.44 bits per heavy atom. The highest BCUT2D eigenvalue weighted by molar-refractivity contribution is 8.13. The number of halogens is 4. The van der Waals surface area contributed by atoms with E-state index in [1.54, 1.807) is 0 Å². The summed E-state index contributed by atoms with van der Waals surface area (Å²) >= 11 is 5.44. The molecule has 0 aliphatic carbocycles. The van der Waals surface area contributed by atoms with E-state index in [2.05, 4.69) is 9.72 Å². The molecule has 0 amide bonds. The summed E-state index contributed by atoms with van der Waals surface area (Å²) in [6, 6.07) is 0. The standard InChI is InChI=1S/C7H5Cl2F2NO3S/c1-15-7-5(16(9,13)14)4(6(10)11)3(8)2-12-7/h2,6H,1H3. The molecule has 0 bridgehead atoms. The average molecular weight is 292 g/mol. The molecule has 0 saturated heterocycles. The Bertz CT molecular complexity index is 507. The lowest BCUT2D eigenvalue weighted by molar-refractivity contribution is 0.147. The molecule has 90 valence electrons. The molecule has 1 heterocycles. The highest BCUT2D eigenvalue weighted by Gasteiger charge is 2.30. The summed E-state index contributed by atoms with van der Waals surface area (Å²) in [5.41, 5.74) is -0.913. The lowest BCUT2D eigenvalue weighted by Crippen LogP contribution is -2.05. The average Bonchev–Trinajstić information content (AvgIpc) is 2.15. The number of ether oxygens (including phenoxy) is 1. The van der Waals surface area contributed by atoms with E-state index in [-0.39, 0.29) is 0 Å². The van der Waals surface area contributed by atoms with Gasteiger partial charge in [0.15, 0.2) is 4.90 Å². The second kappa shape index (κ2) is 4.68. The van der Waals surface area contributed by atoms with E-state index in [1.165, 1.54) is 0 Å². The van der Waals surface area contributed by atoms with Crippen LogP contribution in [0.25, 0.3) is 0 Å². The lowest BCUT2D eigenvalue weighted by atomic mass is 10.3. The first-order valence-electron chi connectivity index (χ1n) is 3.74. The van der Waals surface area contributed by atoms with Gasteiger partial charge in [-0.25, -0.2) is 22.2 Å². The van der Waals surface area contributed by atoms with Gasteiger partial charge in [0.25, 0.3) is 15.5 Å². The van der Waals surface area contributed by atoms with Crippen LogP contribution in [-0.2, 0) is 9.05 Å². The maximum Gasteiger partial charge on any atom is 0.267 e. The largest absolute Gasteiger partial charge is 0.480 e. The van der Waals surface area contributed by atoms with Crippen LogP contribution in [0.3, 0.4) is 0 Å². The number of hydrogen-bond donors (Lipinski definition) is 0. The monoisotopic (exact) mass is 291 g/mol. The van der Waals surface area contributed by atoms with Crippen LogP contribution in [0.5, 0.6) is 5.88 Å². The summed E-state index contributed by atoms with van der Waals surface area (Å²) in [5.74, 6) is -0.519. The molecule has 0 unspecified atom stereocenters. The number of rotatable bonds is 3. The minimum atomic E-state index is -4.42. The molecular weight excluding hydrogens is 287 g/mol. The number of nitrogens with zero attached hydrogens (tertiary/aromatic N) is 1. The fourth-order valence-electron chi connectivity index (χ4n) is 1.05. The Morgan fingerprint density at radius 2 is 2.06 bits per heavy atom. The Labute approximate surface area is 99.6 Å². The topological polar surface area (TPSA) is 56.3 Å². The molecule has 16 heavy (non-hydrogen) atoms. The number of alkyl halides is 2. The first-order chi connectivity index (χ1) is 7.29. The van der Waals surface area contributed by atoms with Crippen molar-refractivity contribution in [1.82, 2.24) is 4.98 Å². The van der Waals surface area contributed by atoms with Gasteiger partial charge < -0.3 is 4.74 Å². The zero-order valence-corrected chi connectivity index (χ0v) is 10.1. The van der Waals surface area contributed by atoms with E-state index >= 15 is 0 Å². The highest BCUT2D eigenvalue weighted by Crippen LogP contribution is 2.38. The first-order valence-corrected chi connectivity index (χ1v) is 6.43. The summed E-state index contributed by atoms with van der Waals surface area (Å²) in [4.78, 5) is 2.55. The van der Waals surface area contributed by atoms with Crippen LogP contribution < -0.4 is 4.74 Å². The smallest absolute Gasteiger partial charge is 0.267 e. The Balaban J connectivity index is 3.70. The zero-order valence-electron chi connectivity index (χ0n) is 7.75. The molecule has 0 aromatic carbocycles. The van der Waals surface area contributed by atoms with Crippen LogP contribution in [0.1, 0.15) is 12.0 Å². The number of hydrogen-bond acceptors (Lipinski definition) is 4. The summed E-state index contributed by atoms with van der Waals surface area (Å²) in [6.07, 6.45) is -2.24. The van der Waals surface area contributed by atoms with Gasteiger partial charge in [0.2, 0.25) is 5.88 Å². The van der Waals surface area contributed by atoms with E-state index in [0.29, 0.717) is 0 Å². The van der Waals surface area contributed by atoms with Crippen molar-refractivity contribution in [1.29, 1.82) is 0 Å². The molecule has 0 spiro atoms. The molecule has 0 atom stereocenters. The van der Waals surface area contributed by atoms with Gasteiger partial charge in [-0.2, -0.15) is 0 Å². The van der Waals surface area contributed by atoms with Crippen molar-refractivity contribution >= 4 is 31.3 Å². The van der Waals surface area contributed by atoms with Crippen molar-refractivity contribution in [3.05, 3.63) is 16.8 Å². The van der Waals surface area contributed by atoms with Gasteiger partial charge in [0, 0.05) is 10.7 Å². The molecule has 0 fully saturated rings. The van der Waals surface area contributed by atoms with Gasteiger partial charge in [-0.3, -0.25) is 0 Å². The molecule has 9 heteroatoms. The molecule has 1 rings (SSSR count). The van der Waals surface area contributed by atoms with Gasteiger partial charge in [0.05, 0.1) is 23.9 Å². The fraction of sp³-hybridized carbons (Fsp3) is 0.286. The quantitative estimate of drug-likeness (QED) is 0.803. The van der Waals surface area contributed by atoms with Crippen molar-refractivity contribution in [3.63, 3.8) is 0 Å². The predicted octanol–water partition coefficient (Wildman–Crippen LogP) is 2.61. The van der Waals surface area contributed by atoms with Gasteiger partial charge in [0.1, 0.15) is 0 Å². The van der Waals surface area contributed by atoms with Gasteiger partial charge >= 0.3 is 0 Å². The maximum absolute atomic E-state index is 12.6. The Hall–Kier alpha value is -0.660. The van der Waals surface area contributed by atoms with Crippen molar-refractivity contribution in [3.8, 4) is 5.88 Å². The third kappa shape index (κ3) is 2.53. The lowest BCUT2D eigenvalue weighted by Gasteiger charge is -2.10. The van der Waals surface area contributed by atoms with Crippen LogP contribution in [0, 0.1) is 0 Å². The van der Waals surface area contributed by atoms with E-state index in [4.69, 9.17) is 22.3 Å². The number of pyridine rings is 1. The fourth-order valence-corrected chi connectivity index (χ4v) is 2.59. The summed E-state index contributed by atoms with van der Waals surface area (Å²) in [7, 11) is 1.68. The zero-order chi connectivity index (χ0) is 12.5. The van der Waals surface area contributed by atoms with Crippen LogP contribution >= 0.6 is 22.3 Å². The Morgan fingerprint density at radius 1 is 1.50 bits per heavy atom. The molecule has 1 aromatic rings. The number of methoxy groups -OCH3 is 1. The van der Waals surface area contributed by atoms with E-state index in [9.17, 15) is 17.2 Å². The summed E-state index contributed by atoms with van der Waals surface area (Å²) in [5, 5.41) is -0.491. The predicted molar refractivity (Wildman–Crippen MR) is 53.8 cm³/mol. The molecule has 4 nitrogen and oxygen atoms in total. The van der Waals surface area contributed by atoms with E-state index < -0.39 is 36.8 Å². The van der Waals surface area contributed by atoms with Crippen molar-refractivity contribution < 1.29 is 21.9 Å². The van der Waals surface area contributed by atoms with Crippen LogP contribution in [0.15, 0.2) is 11.1 Å². The second-order valence-corrected chi connectivity index (χ2v) is 5.51. The molecule has 0 saturated carbocycles. The molecule has 0 aliphatic heterocycles. The minimum Gasteiger partial charge on any atom is -0.480 e. The highest BCUT2D eigenvalue weighted by atomic mass is 35.7.